The van der Waals surface area contributed by atoms with E-state index in [0.29, 0.717) is 23.0 Å². The second-order valence-electron chi connectivity index (χ2n) is 6.34. The summed E-state index contributed by atoms with van der Waals surface area (Å²) in [7, 11) is 3.02. The maximum atomic E-state index is 14.1. The Hall–Kier alpha value is -1.29. The average molecular weight is 283 g/mol. The van der Waals surface area contributed by atoms with Crippen LogP contribution >= 0.6 is 0 Å². The lowest BCUT2D eigenvalue weighted by Crippen LogP contribution is -2.23. The van der Waals surface area contributed by atoms with Crippen LogP contribution in [-0.4, -0.2) is 14.2 Å². The van der Waals surface area contributed by atoms with Crippen molar-refractivity contribution in [1.82, 2.24) is 0 Å². The summed E-state index contributed by atoms with van der Waals surface area (Å²) in [5.74, 6) is 0.911. The quantitative estimate of drug-likeness (QED) is 0.891. The topological polar surface area (TPSA) is 44.5 Å². The van der Waals surface area contributed by atoms with Gasteiger partial charge >= 0.3 is 0 Å². The number of rotatable bonds is 5. The van der Waals surface area contributed by atoms with Gasteiger partial charge in [0.05, 0.1) is 14.2 Å². The highest BCUT2D eigenvalue weighted by molar-refractivity contribution is 5.44. The first-order valence-electron chi connectivity index (χ1n) is 6.87. The van der Waals surface area contributed by atoms with Crippen LogP contribution in [0.4, 0.5) is 4.39 Å². The number of ether oxygens (including phenoxy) is 2. The minimum atomic E-state index is -0.357. The average Bonchev–Trinajstić information content (AvgIpc) is 2.36. The van der Waals surface area contributed by atoms with E-state index in [-0.39, 0.29) is 17.3 Å². The lowest BCUT2D eigenvalue weighted by atomic mass is 9.77. The van der Waals surface area contributed by atoms with Gasteiger partial charge in [0.25, 0.3) is 0 Å². The van der Waals surface area contributed by atoms with E-state index in [1.165, 1.54) is 20.3 Å². The highest BCUT2D eigenvalue weighted by Crippen LogP contribution is 2.36. The zero-order valence-corrected chi connectivity index (χ0v) is 13.3. The predicted molar refractivity (Wildman–Crippen MR) is 79.7 cm³/mol. The smallest absolute Gasteiger partial charge is 0.163 e. The molecule has 1 rings (SSSR count). The minimum Gasteiger partial charge on any atom is -0.493 e. The third-order valence-electron chi connectivity index (χ3n) is 3.99. The number of hydrogen-bond acceptors (Lipinski definition) is 3. The number of hydrogen-bond donors (Lipinski definition) is 1. The van der Waals surface area contributed by atoms with E-state index in [1.807, 2.05) is 0 Å². The van der Waals surface area contributed by atoms with Crippen LogP contribution in [0.25, 0.3) is 0 Å². The maximum absolute atomic E-state index is 14.1. The zero-order chi connectivity index (χ0) is 15.5. The van der Waals surface area contributed by atoms with Gasteiger partial charge in [0.2, 0.25) is 0 Å². The molecule has 1 aromatic carbocycles. The molecule has 0 amide bonds. The Morgan fingerprint density at radius 3 is 2.10 bits per heavy atom. The van der Waals surface area contributed by atoms with Crippen LogP contribution in [0.3, 0.4) is 0 Å². The molecule has 0 radical (unpaired) electrons. The van der Waals surface area contributed by atoms with Crippen molar-refractivity contribution in [2.45, 2.75) is 40.2 Å². The van der Waals surface area contributed by atoms with Crippen LogP contribution in [0.5, 0.6) is 11.5 Å². The van der Waals surface area contributed by atoms with Crippen LogP contribution in [0.15, 0.2) is 12.1 Å². The molecule has 0 saturated heterocycles. The van der Waals surface area contributed by atoms with Crippen molar-refractivity contribution < 1.29 is 13.9 Å². The molecule has 4 heteroatoms. The molecule has 114 valence electrons. The van der Waals surface area contributed by atoms with E-state index >= 15 is 0 Å². The van der Waals surface area contributed by atoms with Crippen molar-refractivity contribution >= 4 is 0 Å². The summed E-state index contributed by atoms with van der Waals surface area (Å²) in [6.07, 6.45) is 0.718. The van der Waals surface area contributed by atoms with Crippen LogP contribution in [0, 0.1) is 17.2 Å². The fourth-order valence-corrected chi connectivity index (χ4v) is 2.02. The van der Waals surface area contributed by atoms with Crippen LogP contribution in [-0.2, 0) is 0 Å². The molecule has 1 aromatic rings. The number of halogens is 1. The van der Waals surface area contributed by atoms with Gasteiger partial charge in [-0.3, -0.25) is 0 Å². The van der Waals surface area contributed by atoms with Gasteiger partial charge in [-0.1, -0.05) is 27.7 Å². The largest absolute Gasteiger partial charge is 0.493 e. The monoisotopic (exact) mass is 283 g/mol. The second-order valence-corrected chi connectivity index (χ2v) is 6.34. The molecule has 3 nitrogen and oxygen atoms in total. The fraction of sp³-hybridized carbons (Fsp3) is 0.625. The van der Waals surface area contributed by atoms with Crippen molar-refractivity contribution in [3.8, 4) is 11.5 Å². The second kappa shape index (κ2) is 6.44. The summed E-state index contributed by atoms with van der Waals surface area (Å²) in [6.45, 7) is 8.62. The number of methoxy groups -OCH3 is 2. The van der Waals surface area contributed by atoms with E-state index in [9.17, 15) is 4.39 Å². The van der Waals surface area contributed by atoms with Crippen molar-refractivity contribution in [3.63, 3.8) is 0 Å². The molecule has 0 saturated carbocycles. The van der Waals surface area contributed by atoms with Crippen molar-refractivity contribution in [1.29, 1.82) is 0 Å². The minimum absolute atomic E-state index is 0.144. The molecular weight excluding hydrogens is 257 g/mol. The van der Waals surface area contributed by atoms with Gasteiger partial charge in [0, 0.05) is 17.7 Å². The normalized spacial score (nSPS) is 14.8. The predicted octanol–water partition coefficient (Wildman–Crippen LogP) is 3.92. The van der Waals surface area contributed by atoms with Gasteiger partial charge in [-0.2, -0.15) is 0 Å². The molecular formula is C16H26FNO2. The Labute approximate surface area is 121 Å². The zero-order valence-electron chi connectivity index (χ0n) is 13.3. The molecule has 0 heterocycles. The molecule has 0 spiro atoms. The summed E-state index contributed by atoms with van der Waals surface area (Å²) in [5, 5.41) is 0. The van der Waals surface area contributed by atoms with Gasteiger partial charge in [0.15, 0.2) is 11.5 Å². The van der Waals surface area contributed by atoms with Gasteiger partial charge in [-0.25, -0.2) is 4.39 Å². The summed E-state index contributed by atoms with van der Waals surface area (Å²) in [5.41, 5.74) is 6.79. The Balaban J connectivity index is 3.01. The molecule has 0 aliphatic rings. The van der Waals surface area contributed by atoms with Gasteiger partial charge in [0.1, 0.15) is 5.82 Å². The van der Waals surface area contributed by atoms with Gasteiger partial charge in [-0.15, -0.1) is 0 Å². The lowest BCUT2D eigenvalue weighted by Gasteiger charge is -2.29. The molecule has 0 aliphatic carbocycles. The standard InChI is InChI=1S/C16H26FNO2/c1-10(16(2,3)4)7-13(18)11-8-14(19-5)15(20-6)9-12(11)17/h8-10,13H,7,18H2,1-6H3. The molecule has 0 fully saturated rings. The summed E-state index contributed by atoms with van der Waals surface area (Å²) >= 11 is 0. The van der Waals surface area contributed by atoms with E-state index < -0.39 is 0 Å². The Kier molecular flexibility index (Phi) is 5.40. The highest BCUT2D eigenvalue weighted by Gasteiger charge is 2.25. The number of nitrogens with two attached hydrogens (primary N) is 1. The maximum Gasteiger partial charge on any atom is 0.163 e. The van der Waals surface area contributed by atoms with Gasteiger partial charge < -0.3 is 15.2 Å². The third-order valence-corrected chi connectivity index (χ3v) is 3.99. The van der Waals surface area contributed by atoms with Crippen LogP contribution in [0.1, 0.15) is 45.7 Å². The number of benzene rings is 1. The first-order valence-corrected chi connectivity index (χ1v) is 6.87. The fourth-order valence-electron chi connectivity index (χ4n) is 2.02. The summed E-state index contributed by atoms with van der Waals surface area (Å²) in [6, 6.07) is 2.60. The van der Waals surface area contributed by atoms with E-state index in [1.54, 1.807) is 6.07 Å². The molecule has 2 atom stereocenters. The van der Waals surface area contributed by atoms with E-state index in [2.05, 4.69) is 27.7 Å². The van der Waals surface area contributed by atoms with Gasteiger partial charge in [-0.05, 0) is 23.8 Å². The Morgan fingerprint density at radius 1 is 1.15 bits per heavy atom. The first-order chi connectivity index (χ1) is 9.20. The molecule has 2 unspecified atom stereocenters. The first kappa shape index (κ1) is 16.8. The molecule has 0 bridgehead atoms. The molecule has 20 heavy (non-hydrogen) atoms. The SMILES string of the molecule is COc1cc(F)c(C(N)CC(C)C(C)(C)C)cc1OC. The van der Waals surface area contributed by atoms with Crippen molar-refractivity contribution in [2.24, 2.45) is 17.1 Å². The lowest BCUT2D eigenvalue weighted by molar-refractivity contribution is 0.232. The summed E-state index contributed by atoms with van der Waals surface area (Å²) in [4.78, 5) is 0. The van der Waals surface area contributed by atoms with E-state index in [0.717, 1.165) is 6.42 Å². The molecule has 0 aliphatic heterocycles. The molecule has 2 N–H and O–H groups in total. The van der Waals surface area contributed by atoms with Crippen LogP contribution < -0.4 is 15.2 Å². The Morgan fingerprint density at radius 2 is 1.65 bits per heavy atom. The third kappa shape index (κ3) is 3.85. The Bertz CT molecular complexity index is 455. The summed E-state index contributed by atoms with van der Waals surface area (Å²) < 4.78 is 24.4. The highest BCUT2D eigenvalue weighted by atomic mass is 19.1. The van der Waals surface area contributed by atoms with Crippen LogP contribution in [0.2, 0.25) is 0 Å². The van der Waals surface area contributed by atoms with Crippen molar-refractivity contribution in [2.75, 3.05) is 14.2 Å². The van der Waals surface area contributed by atoms with Crippen molar-refractivity contribution in [3.05, 3.63) is 23.5 Å². The molecule has 0 aromatic heterocycles. The van der Waals surface area contributed by atoms with E-state index in [4.69, 9.17) is 15.2 Å².